The third-order valence-electron chi connectivity index (χ3n) is 6.90. The number of benzene rings is 1. The van der Waals surface area contributed by atoms with E-state index in [9.17, 15) is 13.2 Å². The maximum absolute atomic E-state index is 13.4. The first kappa shape index (κ1) is 22.9. The van der Waals surface area contributed by atoms with Crippen LogP contribution in [0.2, 0.25) is 0 Å². The van der Waals surface area contributed by atoms with Crippen LogP contribution in [-0.4, -0.2) is 77.7 Å². The van der Waals surface area contributed by atoms with Gasteiger partial charge in [-0.2, -0.15) is 4.31 Å². The topological polar surface area (TPSA) is 86.7 Å². The first-order chi connectivity index (χ1) is 16.5. The molecule has 2 aliphatic heterocycles. The predicted molar refractivity (Wildman–Crippen MR) is 129 cm³/mol. The molecule has 34 heavy (non-hydrogen) atoms. The largest absolute Gasteiger partial charge is 0.340 e. The molecule has 0 atom stereocenters. The van der Waals surface area contributed by atoms with E-state index in [0.29, 0.717) is 36.5 Å². The average molecular weight is 480 g/mol. The Bertz CT molecular complexity index is 1250. The van der Waals surface area contributed by atoms with Crippen molar-refractivity contribution in [2.24, 2.45) is 5.92 Å². The van der Waals surface area contributed by atoms with Crippen molar-refractivity contribution >= 4 is 26.7 Å². The zero-order valence-corrected chi connectivity index (χ0v) is 19.9. The van der Waals surface area contributed by atoms with E-state index < -0.39 is 10.0 Å². The number of hydrogen-bond acceptors (Lipinski definition) is 6. The lowest BCUT2D eigenvalue weighted by Gasteiger charge is -2.38. The molecular formula is C25H29N5O3S. The number of fused-ring (bicyclic) bond motifs is 1. The summed E-state index contributed by atoms with van der Waals surface area (Å²) in [6, 6.07) is 11.1. The van der Waals surface area contributed by atoms with Gasteiger partial charge in [0.1, 0.15) is 0 Å². The molecule has 4 heterocycles. The van der Waals surface area contributed by atoms with Crippen LogP contribution in [0.1, 0.15) is 18.4 Å². The Kier molecular flexibility index (Phi) is 6.58. The van der Waals surface area contributed by atoms with Crippen molar-refractivity contribution in [2.45, 2.75) is 24.3 Å². The number of likely N-dealkylation sites (tertiary alicyclic amines) is 1. The van der Waals surface area contributed by atoms with E-state index in [-0.39, 0.29) is 11.8 Å². The van der Waals surface area contributed by atoms with Crippen LogP contribution in [0.4, 0.5) is 0 Å². The van der Waals surface area contributed by atoms with Crippen molar-refractivity contribution in [1.82, 2.24) is 24.1 Å². The molecule has 2 aliphatic rings. The van der Waals surface area contributed by atoms with Crippen LogP contribution in [0.5, 0.6) is 0 Å². The van der Waals surface area contributed by atoms with Gasteiger partial charge in [0.15, 0.2) is 0 Å². The van der Waals surface area contributed by atoms with Crippen molar-refractivity contribution in [1.29, 1.82) is 0 Å². The number of piperidine rings is 1. The first-order valence-electron chi connectivity index (χ1n) is 11.8. The standard InChI is InChI=1S/C25H29N5O3S/c31-25(21-7-12-28(13-8-21)19-20-4-9-26-10-5-20)29-14-16-30(17-15-29)34(32,33)24-3-1-2-22-18-27-11-6-23(22)24/h1-6,9-11,18,21H,7-8,12-17,19H2. The summed E-state index contributed by atoms with van der Waals surface area (Å²) in [5, 5.41) is 1.47. The molecular weight excluding hydrogens is 450 g/mol. The minimum atomic E-state index is -3.64. The summed E-state index contributed by atoms with van der Waals surface area (Å²) in [5.41, 5.74) is 1.24. The third kappa shape index (κ3) is 4.68. The Hall–Kier alpha value is -2.88. The molecule has 2 fully saturated rings. The normalized spacial score (nSPS) is 18.9. The fourth-order valence-corrected chi connectivity index (χ4v) is 6.58. The minimum Gasteiger partial charge on any atom is -0.340 e. The zero-order valence-electron chi connectivity index (χ0n) is 19.1. The molecule has 2 aromatic heterocycles. The number of hydrogen-bond donors (Lipinski definition) is 0. The summed E-state index contributed by atoms with van der Waals surface area (Å²) in [7, 11) is -3.64. The predicted octanol–water partition coefficient (Wildman–Crippen LogP) is 2.37. The molecule has 0 spiro atoms. The summed E-state index contributed by atoms with van der Waals surface area (Å²) in [5.74, 6) is 0.180. The zero-order chi connectivity index (χ0) is 23.5. The van der Waals surface area contributed by atoms with Gasteiger partial charge in [0.2, 0.25) is 15.9 Å². The first-order valence-corrected chi connectivity index (χ1v) is 13.2. The Morgan fingerprint density at radius 1 is 0.882 bits per heavy atom. The maximum Gasteiger partial charge on any atom is 0.243 e. The monoisotopic (exact) mass is 479 g/mol. The minimum absolute atomic E-state index is 0.0161. The second-order valence-corrected chi connectivity index (χ2v) is 10.9. The molecule has 3 aromatic rings. The molecule has 8 nitrogen and oxygen atoms in total. The van der Waals surface area contributed by atoms with E-state index in [1.54, 1.807) is 30.6 Å². The van der Waals surface area contributed by atoms with Gasteiger partial charge in [-0.15, -0.1) is 0 Å². The van der Waals surface area contributed by atoms with Gasteiger partial charge in [-0.1, -0.05) is 12.1 Å². The highest BCUT2D eigenvalue weighted by molar-refractivity contribution is 7.89. The summed E-state index contributed by atoms with van der Waals surface area (Å²) < 4.78 is 28.2. The molecule has 9 heteroatoms. The summed E-state index contributed by atoms with van der Waals surface area (Å²) in [6.45, 7) is 4.16. The van der Waals surface area contributed by atoms with E-state index in [1.807, 2.05) is 35.5 Å². The number of pyridine rings is 2. The van der Waals surface area contributed by atoms with Gasteiger partial charge in [-0.05, 0) is 55.8 Å². The highest BCUT2D eigenvalue weighted by atomic mass is 32.2. The van der Waals surface area contributed by atoms with Gasteiger partial charge in [0, 0.05) is 74.2 Å². The molecule has 1 amide bonds. The number of carbonyl (C=O) groups is 1. The third-order valence-corrected chi connectivity index (χ3v) is 8.86. The number of sulfonamides is 1. The molecule has 1 aromatic carbocycles. The second-order valence-electron chi connectivity index (χ2n) is 8.99. The van der Waals surface area contributed by atoms with E-state index in [1.165, 1.54) is 9.87 Å². The van der Waals surface area contributed by atoms with Crippen molar-refractivity contribution in [2.75, 3.05) is 39.3 Å². The van der Waals surface area contributed by atoms with Crippen molar-refractivity contribution in [3.8, 4) is 0 Å². The number of piperazine rings is 1. The molecule has 178 valence electrons. The highest BCUT2D eigenvalue weighted by Crippen LogP contribution is 2.27. The lowest BCUT2D eigenvalue weighted by molar-refractivity contribution is -0.138. The highest BCUT2D eigenvalue weighted by Gasteiger charge is 2.34. The van der Waals surface area contributed by atoms with Crippen LogP contribution in [0.15, 0.2) is 66.1 Å². The molecule has 0 unspecified atom stereocenters. The van der Waals surface area contributed by atoms with E-state index >= 15 is 0 Å². The van der Waals surface area contributed by atoms with Gasteiger partial charge in [-0.3, -0.25) is 19.7 Å². The smallest absolute Gasteiger partial charge is 0.243 e. The number of carbonyl (C=O) groups excluding carboxylic acids is 1. The molecule has 5 rings (SSSR count). The van der Waals surface area contributed by atoms with E-state index in [4.69, 9.17) is 0 Å². The molecule has 0 aliphatic carbocycles. The van der Waals surface area contributed by atoms with E-state index in [0.717, 1.165) is 37.9 Å². The number of rotatable bonds is 5. The van der Waals surface area contributed by atoms with Gasteiger partial charge in [-0.25, -0.2) is 8.42 Å². The Morgan fingerprint density at radius 2 is 1.59 bits per heavy atom. The fraction of sp³-hybridized carbons (Fsp3) is 0.400. The van der Waals surface area contributed by atoms with Crippen LogP contribution < -0.4 is 0 Å². The van der Waals surface area contributed by atoms with Crippen LogP contribution in [0.3, 0.4) is 0 Å². The van der Waals surface area contributed by atoms with Crippen LogP contribution >= 0.6 is 0 Å². The average Bonchev–Trinajstić information content (AvgIpc) is 2.89. The van der Waals surface area contributed by atoms with Gasteiger partial charge in [0.05, 0.1) is 4.90 Å². The lowest BCUT2D eigenvalue weighted by atomic mass is 9.94. The number of amides is 1. The fourth-order valence-electron chi connectivity index (χ4n) is 4.95. The van der Waals surface area contributed by atoms with Gasteiger partial charge < -0.3 is 4.90 Å². The SMILES string of the molecule is O=C(C1CCN(Cc2ccncc2)CC1)N1CCN(S(=O)(=O)c2cccc3cnccc23)CC1. The second kappa shape index (κ2) is 9.77. The van der Waals surface area contributed by atoms with Gasteiger partial charge in [0.25, 0.3) is 0 Å². The molecule has 0 N–H and O–H groups in total. The summed E-state index contributed by atoms with van der Waals surface area (Å²) >= 11 is 0. The van der Waals surface area contributed by atoms with Gasteiger partial charge >= 0.3 is 0 Å². The quantitative estimate of drug-likeness (QED) is 0.559. The Balaban J connectivity index is 1.17. The number of aromatic nitrogens is 2. The Labute approximate surface area is 200 Å². The van der Waals surface area contributed by atoms with Crippen molar-refractivity contribution < 1.29 is 13.2 Å². The summed E-state index contributed by atoms with van der Waals surface area (Å²) in [4.78, 5) is 25.8. The van der Waals surface area contributed by atoms with E-state index in [2.05, 4.69) is 14.9 Å². The number of nitrogens with zero attached hydrogens (tertiary/aromatic N) is 5. The molecule has 0 radical (unpaired) electrons. The summed E-state index contributed by atoms with van der Waals surface area (Å²) in [6.07, 6.45) is 8.58. The maximum atomic E-state index is 13.4. The van der Waals surface area contributed by atoms with Crippen LogP contribution in [0, 0.1) is 5.92 Å². The van der Waals surface area contributed by atoms with Crippen LogP contribution in [-0.2, 0) is 21.4 Å². The molecule has 0 saturated carbocycles. The van der Waals surface area contributed by atoms with Crippen molar-refractivity contribution in [3.05, 3.63) is 66.7 Å². The van der Waals surface area contributed by atoms with Crippen LogP contribution in [0.25, 0.3) is 10.8 Å². The molecule has 2 saturated heterocycles. The Morgan fingerprint density at radius 3 is 2.32 bits per heavy atom. The van der Waals surface area contributed by atoms with Crippen molar-refractivity contribution in [3.63, 3.8) is 0 Å². The molecule has 0 bridgehead atoms. The lowest BCUT2D eigenvalue weighted by Crippen LogP contribution is -2.52.